The van der Waals surface area contributed by atoms with Gasteiger partial charge in [-0.2, -0.15) is 12.9 Å². The lowest BCUT2D eigenvalue weighted by molar-refractivity contribution is 0.149. The van der Waals surface area contributed by atoms with E-state index in [-0.39, 0.29) is 58.5 Å². The summed E-state index contributed by atoms with van der Waals surface area (Å²) in [4.78, 5) is 0. The summed E-state index contributed by atoms with van der Waals surface area (Å²) in [6.45, 7) is 3.41. The van der Waals surface area contributed by atoms with E-state index in [4.69, 9.17) is 18.9 Å². The summed E-state index contributed by atoms with van der Waals surface area (Å²) in [6, 6.07) is 0. The molecule has 0 bridgehead atoms. The van der Waals surface area contributed by atoms with E-state index in [1.54, 1.807) is 13.8 Å². The molecule has 34 heavy (non-hydrogen) atoms. The Hall–Kier alpha value is -0.430. The second-order valence-corrected chi connectivity index (χ2v) is 13.8. The fourth-order valence-electron chi connectivity index (χ4n) is 2.80. The van der Waals surface area contributed by atoms with Crippen molar-refractivity contribution in [1.29, 1.82) is 0 Å². The van der Waals surface area contributed by atoms with E-state index < -0.39 is 47.6 Å². The molecule has 13 nitrogen and oxygen atoms in total. The van der Waals surface area contributed by atoms with Crippen molar-refractivity contribution in [3.8, 4) is 0 Å². The maximum Gasteiger partial charge on any atom is 0.228 e. The molecule has 0 spiro atoms. The second-order valence-electron chi connectivity index (χ2n) is 7.88. The molecule has 0 aliphatic rings. The van der Waals surface area contributed by atoms with Crippen LogP contribution in [0.5, 0.6) is 0 Å². The van der Waals surface area contributed by atoms with Crippen LogP contribution in [0.3, 0.4) is 0 Å². The normalized spacial score (nSPS) is 13.6. The largest absolute Gasteiger partial charge is 0.383 e. The maximum absolute atomic E-state index is 13.1. The molecule has 0 saturated heterocycles. The Morgan fingerprint density at radius 2 is 0.824 bits per heavy atom. The third kappa shape index (κ3) is 12.5. The SMILES string of the molecule is COCCN(CCOC)S(=O)(=O)CN(CS(=O)(=O)N(CCOC)CCOC)S(=O)(=O)CC(C)C. The van der Waals surface area contributed by atoms with Gasteiger partial charge >= 0.3 is 0 Å². The van der Waals surface area contributed by atoms with E-state index in [9.17, 15) is 25.3 Å². The Labute approximate surface area is 205 Å². The first-order chi connectivity index (χ1) is 15.8. The quantitative estimate of drug-likeness (QED) is 0.173. The fraction of sp³-hybridized carbons (Fsp3) is 1.00. The predicted octanol–water partition coefficient (Wildman–Crippen LogP) is -0.962. The Bertz CT molecular complexity index is 796. The summed E-state index contributed by atoms with van der Waals surface area (Å²) in [5.74, 6) is -2.83. The lowest BCUT2D eigenvalue weighted by Gasteiger charge is -2.29. The predicted molar refractivity (Wildman–Crippen MR) is 129 cm³/mol. The molecule has 206 valence electrons. The van der Waals surface area contributed by atoms with Crippen LogP contribution in [0, 0.1) is 5.92 Å². The molecule has 0 heterocycles. The first-order valence-corrected chi connectivity index (χ1v) is 15.5. The number of hydrogen-bond acceptors (Lipinski definition) is 10. The highest BCUT2D eigenvalue weighted by atomic mass is 32.2. The van der Waals surface area contributed by atoms with Crippen LogP contribution < -0.4 is 0 Å². The molecule has 16 heteroatoms. The molecule has 0 N–H and O–H groups in total. The molecule has 0 amide bonds. The summed E-state index contributed by atoms with van der Waals surface area (Å²) in [6.07, 6.45) is 0. The molecular weight excluding hydrogens is 514 g/mol. The van der Waals surface area contributed by atoms with Crippen LogP contribution in [-0.4, -0.2) is 137 Å². The van der Waals surface area contributed by atoms with Crippen LogP contribution >= 0.6 is 0 Å². The molecule has 0 saturated carbocycles. The van der Waals surface area contributed by atoms with Crippen molar-refractivity contribution in [2.75, 3.05) is 98.6 Å². The van der Waals surface area contributed by atoms with Gasteiger partial charge in [-0.15, -0.1) is 0 Å². The van der Waals surface area contributed by atoms with Crippen molar-refractivity contribution in [2.24, 2.45) is 5.92 Å². The van der Waals surface area contributed by atoms with Crippen molar-refractivity contribution in [2.45, 2.75) is 13.8 Å². The van der Waals surface area contributed by atoms with Crippen LogP contribution in [-0.2, 0) is 49.0 Å². The molecule has 0 aromatic heterocycles. The first kappa shape index (κ1) is 33.6. The van der Waals surface area contributed by atoms with E-state index in [0.29, 0.717) is 4.31 Å². The van der Waals surface area contributed by atoms with Gasteiger partial charge in [0.05, 0.1) is 32.2 Å². The minimum atomic E-state index is -4.24. The first-order valence-electron chi connectivity index (χ1n) is 10.7. The molecular formula is C18H41N3O10S3. The molecule has 0 aromatic rings. The van der Waals surface area contributed by atoms with Crippen molar-refractivity contribution in [3.63, 3.8) is 0 Å². The third-order valence-corrected chi connectivity index (χ3v) is 10.6. The van der Waals surface area contributed by atoms with E-state index >= 15 is 0 Å². The molecule has 0 fully saturated rings. The number of hydrogen-bond donors (Lipinski definition) is 0. The highest BCUT2D eigenvalue weighted by molar-refractivity contribution is 7.94. The van der Waals surface area contributed by atoms with Crippen LogP contribution in [0.2, 0.25) is 0 Å². The molecule has 0 aliphatic carbocycles. The van der Waals surface area contributed by atoms with Crippen molar-refractivity contribution in [1.82, 2.24) is 12.9 Å². The molecule has 0 atom stereocenters. The zero-order valence-electron chi connectivity index (χ0n) is 21.0. The maximum atomic E-state index is 13.1. The molecule has 0 radical (unpaired) electrons. The Kier molecular flexibility index (Phi) is 16.1. The summed E-state index contributed by atoms with van der Waals surface area (Å²) in [5.41, 5.74) is 0. The van der Waals surface area contributed by atoms with Gasteiger partial charge in [0, 0.05) is 54.6 Å². The average molecular weight is 556 g/mol. The standard InChI is InChI=1S/C18H41N3O10S3/c1-18(2)15-32(22,23)21(16-33(24,25)19(7-11-28-3)8-12-29-4)17-34(26,27)20(9-13-30-5)10-14-31-6/h18H,7-17H2,1-6H3. The minimum Gasteiger partial charge on any atom is -0.383 e. The Balaban J connectivity index is 6.13. The lowest BCUT2D eigenvalue weighted by atomic mass is 10.3. The second kappa shape index (κ2) is 16.3. The molecule has 0 unspecified atom stereocenters. The number of methoxy groups -OCH3 is 4. The van der Waals surface area contributed by atoms with E-state index in [1.165, 1.54) is 28.4 Å². The number of nitrogens with zero attached hydrogens (tertiary/aromatic N) is 3. The van der Waals surface area contributed by atoms with Gasteiger partial charge in [0.2, 0.25) is 30.1 Å². The van der Waals surface area contributed by atoms with E-state index in [0.717, 1.165) is 8.61 Å². The topological polar surface area (TPSA) is 149 Å². The summed E-state index contributed by atoms with van der Waals surface area (Å²) in [5, 5.41) is 0. The van der Waals surface area contributed by atoms with Crippen LogP contribution in [0.15, 0.2) is 0 Å². The van der Waals surface area contributed by atoms with Gasteiger partial charge in [-0.25, -0.2) is 25.3 Å². The molecule has 0 rings (SSSR count). The van der Waals surface area contributed by atoms with Gasteiger partial charge in [-0.05, 0) is 5.92 Å². The lowest BCUT2D eigenvalue weighted by Crippen LogP contribution is -2.49. The zero-order valence-corrected chi connectivity index (χ0v) is 23.5. The monoisotopic (exact) mass is 555 g/mol. The van der Waals surface area contributed by atoms with Crippen molar-refractivity contribution < 1.29 is 44.2 Å². The highest BCUT2D eigenvalue weighted by Gasteiger charge is 2.36. The van der Waals surface area contributed by atoms with E-state index in [1.807, 2.05) is 0 Å². The number of sulfonamides is 3. The zero-order chi connectivity index (χ0) is 26.4. The molecule has 0 aliphatic heterocycles. The Morgan fingerprint density at radius 3 is 1.06 bits per heavy atom. The number of ether oxygens (including phenoxy) is 4. The van der Waals surface area contributed by atoms with Crippen LogP contribution in [0.25, 0.3) is 0 Å². The van der Waals surface area contributed by atoms with Gasteiger partial charge < -0.3 is 18.9 Å². The highest BCUT2D eigenvalue weighted by Crippen LogP contribution is 2.16. The third-order valence-electron chi connectivity index (χ3n) is 4.52. The van der Waals surface area contributed by atoms with Crippen molar-refractivity contribution in [3.05, 3.63) is 0 Å². The van der Waals surface area contributed by atoms with Gasteiger partial charge in [0.15, 0.2) is 0 Å². The average Bonchev–Trinajstić information content (AvgIpc) is 2.71. The van der Waals surface area contributed by atoms with Crippen molar-refractivity contribution >= 4 is 30.1 Å². The van der Waals surface area contributed by atoms with Gasteiger partial charge in [0.1, 0.15) is 11.8 Å². The summed E-state index contributed by atoms with van der Waals surface area (Å²) >= 11 is 0. The fourth-order valence-corrected chi connectivity index (χ4v) is 8.70. The molecule has 0 aromatic carbocycles. The number of rotatable bonds is 21. The van der Waals surface area contributed by atoms with E-state index in [2.05, 4.69) is 0 Å². The summed E-state index contributed by atoms with van der Waals surface area (Å²) in [7, 11) is -7.08. The Morgan fingerprint density at radius 1 is 0.529 bits per heavy atom. The van der Waals surface area contributed by atoms with Gasteiger partial charge in [0.25, 0.3) is 0 Å². The van der Waals surface area contributed by atoms with Crippen LogP contribution in [0.1, 0.15) is 13.8 Å². The van der Waals surface area contributed by atoms with Gasteiger partial charge in [-0.3, -0.25) is 0 Å². The summed E-state index contributed by atoms with van der Waals surface area (Å²) < 4.78 is 101. The smallest absolute Gasteiger partial charge is 0.228 e. The minimum absolute atomic E-state index is 0.0409. The van der Waals surface area contributed by atoms with Crippen LogP contribution in [0.4, 0.5) is 0 Å². The van der Waals surface area contributed by atoms with Gasteiger partial charge in [-0.1, -0.05) is 13.8 Å².